The third-order valence-electron chi connectivity index (χ3n) is 2.79. The van der Waals surface area contributed by atoms with Gasteiger partial charge in [-0.2, -0.15) is 0 Å². The van der Waals surface area contributed by atoms with E-state index < -0.39 is 11.4 Å². The fraction of sp³-hybridized carbons (Fsp3) is 0.143. The van der Waals surface area contributed by atoms with Gasteiger partial charge in [0.15, 0.2) is 0 Å². The van der Waals surface area contributed by atoms with Crippen LogP contribution >= 0.6 is 11.6 Å². The molecule has 1 nitrogen and oxygen atoms in total. The zero-order chi connectivity index (χ0) is 12.5. The van der Waals surface area contributed by atoms with Crippen LogP contribution in [0.1, 0.15) is 18.1 Å². The molecule has 0 radical (unpaired) electrons. The Morgan fingerprint density at radius 1 is 1.12 bits per heavy atom. The Kier molecular flexibility index (Phi) is 3.18. The van der Waals surface area contributed by atoms with Gasteiger partial charge in [-0.3, -0.25) is 0 Å². The molecule has 0 amide bonds. The molecule has 1 N–H and O–H groups in total. The lowest BCUT2D eigenvalue weighted by Gasteiger charge is -2.25. The van der Waals surface area contributed by atoms with Crippen molar-refractivity contribution in [3.63, 3.8) is 0 Å². The van der Waals surface area contributed by atoms with Crippen molar-refractivity contribution in [3.8, 4) is 0 Å². The van der Waals surface area contributed by atoms with Crippen molar-refractivity contribution >= 4 is 11.6 Å². The number of rotatable bonds is 2. The lowest BCUT2D eigenvalue weighted by Crippen LogP contribution is -2.24. The molecule has 3 heteroatoms. The first-order valence-corrected chi connectivity index (χ1v) is 5.63. The molecule has 0 saturated heterocycles. The van der Waals surface area contributed by atoms with Crippen LogP contribution in [-0.4, -0.2) is 5.11 Å². The van der Waals surface area contributed by atoms with Crippen molar-refractivity contribution < 1.29 is 9.50 Å². The molecule has 0 spiro atoms. The van der Waals surface area contributed by atoms with Crippen LogP contribution in [0.25, 0.3) is 0 Å². The van der Waals surface area contributed by atoms with E-state index >= 15 is 0 Å². The first-order chi connectivity index (χ1) is 8.01. The molecule has 0 aliphatic rings. The normalized spacial score (nSPS) is 14.4. The minimum absolute atomic E-state index is 0.216. The summed E-state index contributed by atoms with van der Waals surface area (Å²) < 4.78 is 13.8. The molecule has 1 unspecified atom stereocenters. The van der Waals surface area contributed by atoms with Crippen LogP contribution in [0.2, 0.25) is 5.02 Å². The Bertz CT molecular complexity index is 523. The number of benzene rings is 2. The maximum absolute atomic E-state index is 13.8. The van der Waals surface area contributed by atoms with Gasteiger partial charge < -0.3 is 5.11 Å². The van der Waals surface area contributed by atoms with Crippen molar-refractivity contribution in [1.29, 1.82) is 0 Å². The van der Waals surface area contributed by atoms with Crippen LogP contribution < -0.4 is 0 Å². The Hall–Kier alpha value is -1.38. The molecule has 2 rings (SSSR count). The molecule has 0 aliphatic carbocycles. The van der Waals surface area contributed by atoms with E-state index in [2.05, 4.69) is 0 Å². The van der Waals surface area contributed by atoms with Crippen molar-refractivity contribution in [1.82, 2.24) is 0 Å². The summed E-state index contributed by atoms with van der Waals surface area (Å²) in [5, 5.41) is 10.8. The lowest BCUT2D eigenvalue weighted by molar-refractivity contribution is 0.0980. The van der Waals surface area contributed by atoms with E-state index in [4.69, 9.17) is 11.6 Å². The predicted molar refractivity (Wildman–Crippen MR) is 66.5 cm³/mol. The highest BCUT2D eigenvalue weighted by molar-refractivity contribution is 6.30. The fourth-order valence-corrected chi connectivity index (χ4v) is 1.96. The summed E-state index contributed by atoms with van der Waals surface area (Å²) in [5.41, 5.74) is -0.509. The Morgan fingerprint density at radius 2 is 1.76 bits per heavy atom. The summed E-state index contributed by atoms with van der Waals surface area (Å²) in [6.07, 6.45) is 0. The van der Waals surface area contributed by atoms with Gasteiger partial charge in [-0.05, 0) is 24.6 Å². The largest absolute Gasteiger partial charge is 0.381 e. The van der Waals surface area contributed by atoms with Gasteiger partial charge in [0.25, 0.3) is 0 Å². The summed E-state index contributed by atoms with van der Waals surface area (Å²) in [4.78, 5) is 0. The topological polar surface area (TPSA) is 20.2 Å². The van der Waals surface area contributed by atoms with Crippen LogP contribution in [0.5, 0.6) is 0 Å². The second-order valence-electron chi connectivity index (χ2n) is 4.06. The maximum Gasteiger partial charge on any atom is 0.131 e. The van der Waals surface area contributed by atoms with Gasteiger partial charge in [0.1, 0.15) is 11.4 Å². The number of aliphatic hydroxyl groups is 1. The molecule has 2 aromatic carbocycles. The van der Waals surface area contributed by atoms with Gasteiger partial charge in [-0.15, -0.1) is 0 Å². The molecule has 0 bridgehead atoms. The molecular weight excluding hydrogens is 239 g/mol. The monoisotopic (exact) mass is 250 g/mol. The average Bonchev–Trinajstić information content (AvgIpc) is 2.29. The van der Waals surface area contributed by atoms with E-state index in [0.29, 0.717) is 10.6 Å². The fourth-order valence-electron chi connectivity index (χ4n) is 1.80. The molecule has 17 heavy (non-hydrogen) atoms. The molecule has 1 atom stereocenters. The highest BCUT2D eigenvalue weighted by Gasteiger charge is 2.28. The SMILES string of the molecule is CC(O)(c1ccccc1)c1ccc(Cl)cc1F. The van der Waals surface area contributed by atoms with Gasteiger partial charge in [-0.25, -0.2) is 4.39 Å². The zero-order valence-corrected chi connectivity index (χ0v) is 10.1. The van der Waals surface area contributed by atoms with E-state index in [1.165, 1.54) is 12.1 Å². The van der Waals surface area contributed by atoms with Gasteiger partial charge >= 0.3 is 0 Å². The van der Waals surface area contributed by atoms with Crippen molar-refractivity contribution in [2.45, 2.75) is 12.5 Å². The Balaban J connectivity index is 2.52. The van der Waals surface area contributed by atoms with Crippen molar-refractivity contribution in [2.24, 2.45) is 0 Å². The second-order valence-corrected chi connectivity index (χ2v) is 4.50. The smallest absolute Gasteiger partial charge is 0.131 e. The standard InChI is InChI=1S/C14H12ClFO/c1-14(17,10-5-3-2-4-6-10)12-8-7-11(15)9-13(12)16/h2-9,17H,1H3. The molecule has 0 aliphatic heterocycles. The quantitative estimate of drug-likeness (QED) is 0.861. The molecule has 2 aromatic rings. The van der Waals surface area contributed by atoms with Gasteiger partial charge in [-0.1, -0.05) is 48.0 Å². The summed E-state index contributed by atoms with van der Waals surface area (Å²) in [5.74, 6) is -0.508. The number of hydrogen-bond acceptors (Lipinski definition) is 1. The van der Waals surface area contributed by atoms with E-state index in [9.17, 15) is 9.50 Å². The maximum atomic E-state index is 13.8. The minimum atomic E-state index is -1.37. The lowest BCUT2D eigenvalue weighted by atomic mass is 9.88. The number of halogens is 2. The molecular formula is C14H12ClFO. The number of hydrogen-bond donors (Lipinski definition) is 1. The van der Waals surface area contributed by atoms with Crippen LogP contribution in [0.4, 0.5) is 4.39 Å². The third kappa shape index (κ3) is 2.33. The molecule has 0 saturated carbocycles. The van der Waals surface area contributed by atoms with Gasteiger partial charge in [0, 0.05) is 10.6 Å². The average molecular weight is 251 g/mol. The summed E-state index contributed by atoms with van der Waals surface area (Å²) in [6, 6.07) is 13.2. The first kappa shape index (κ1) is 12.1. The van der Waals surface area contributed by atoms with Crippen molar-refractivity contribution in [3.05, 3.63) is 70.5 Å². The van der Waals surface area contributed by atoms with Crippen LogP contribution in [0, 0.1) is 5.82 Å². The van der Waals surface area contributed by atoms with E-state index in [1.807, 2.05) is 6.07 Å². The van der Waals surface area contributed by atoms with Gasteiger partial charge in [0.2, 0.25) is 0 Å². The molecule has 0 aromatic heterocycles. The van der Waals surface area contributed by atoms with Crippen LogP contribution in [0.3, 0.4) is 0 Å². The predicted octanol–water partition coefficient (Wildman–Crippen LogP) is 3.73. The zero-order valence-electron chi connectivity index (χ0n) is 9.32. The van der Waals surface area contributed by atoms with E-state index in [0.717, 1.165) is 0 Å². The summed E-state index contributed by atoms with van der Waals surface area (Å²) in [7, 11) is 0. The molecule has 0 heterocycles. The highest BCUT2D eigenvalue weighted by atomic mass is 35.5. The Morgan fingerprint density at radius 3 is 2.35 bits per heavy atom. The van der Waals surface area contributed by atoms with Crippen LogP contribution in [-0.2, 0) is 5.60 Å². The molecule has 88 valence electrons. The second kappa shape index (κ2) is 4.47. The summed E-state index contributed by atoms with van der Waals surface area (Å²) in [6.45, 7) is 1.56. The van der Waals surface area contributed by atoms with Crippen LogP contribution in [0.15, 0.2) is 48.5 Å². The van der Waals surface area contributed by atoms with E-state index in [1.54, 1.807) is 37.3 Å². The third-order valence-corrected chi connectivity index (χ3v) is 3.03. The Labute approximate surface area is 104 Å². The van der Waals surface area contributed by atoms with E-state index in [-0.39, 0.29) is 5.56 Å². The van der Waals surface area contributed by atoms with Crippen molar-refractivity contribution in [2.75, 3.05) is 0 Å². The summed E-state index contributed by atoms with van der Waals surface area (Å²) >= 11 is 5.69. The van der Waals surface area contributed by atoms with Gasteiger partial charge in [0.05, 0.1) is 0 Å². The highest BCUT2D eigenvalue weighted by Crippen LogP contribution is 2.31. The first-order valence-electron chi connectivity index (χ1n) is 5.25. The molecule has 0 fully saturated rings. The minimum Gasteiger partial charge on any atom is -0.381 e.